The lowest BCUT2D eigenvalue weighted by Gasteiger charge is -2.27. The summed E-state index contributed by atoms with van der Waals surface area (Å²) in [6.45, 7) is 7.82. The van der Waals surface area contributed by atoms with E-state index in [0.29, 0.717) is 25.9 Å². The Morgan fingerprint density at radius 1 is 1.07 bits per heavy atom. The van der Waals surface area contributed by atoms with Crippen LogP contribution in [0, 0.1) is 0 Å². The van der Waals surface area contributed by atoms with Crippen LogP contribution in [0.4, 0.5) is 0 Å². The molecule has 1 atom stereocenters. The number of hydrogen-bond acceptors (Lipinski definition) is 4. The van der Waals surface area contributed by atoms with E-state index in [4.69, 9.17) is 5.11 Å². The van der Waals surface area contributed by atoms with Gasteiger partial charge in [0, 0.05) is 25.6 Å². The van der Waals surface area contributed by atoms with Crippen molar-refractivity contribution in [2.24, 2.45) is 0 Å². The minimum absolute atomic E-state index is 0.143. The van der Waals surface area contributed by atoms with Crippen molar-refractivity contribution < 1.29 is 23.1 Å². The fourth-order valence-corrected chi connectivity index (χ4v) is 4.25. The van der Waals surface area contributed by atoms with Crippen LogP contribution in [0.5, 0.6) is 0 Å². The van der Waals surface area contributed by atoms with Crippen LogP contribution in [-0.2, 0) is 26.0 Å². The molecule has 1 unspecified atom stereocenters. The van der Waals surface area contributed by atoms with Gasteiger partial charge in [0.1, 0.15) is 6.54 Å². The molecule has 152 valence electrons. The molecule has 8 heteroatoms. The number of rotatable bonds is 11. The van der Waals surface area contributed by atoms with Crippen molar-refractivity contribution >= 4 is 21.9 Å². The normalized spacial score (nSPS) is 12.8. The summed E-state index contributed by atoms with van der Waals surface area (Å²) < 4.78 is 26.4. The first-order valence-corrected chi connectivity index (χ1v) is 10.7. The van der Waals surface area contributed by atoms with E-state index in [9.17, 15) is 18.0 Å². The van der Waals surface area contributed by atoms with Gasteiger partial charge in [0.05, 0.1) is 4.90 Å². The maximum Gasteiger partial charge on any atom is 0.323 e. The molecule has 27 heavy (non-hydrogen) atoms. The van der Waals surface area contributed by atoms with E-state index >= 15 is 0 Å². The zero-order valence-corrected chi connectivity index (χ0v) is 17.3. The van der Waals surface area contributed by atoms with Crippen LogP contribution in [-0.4, -0.2) is 60.3 Å². The molecule has 1 aromatic rings. The number of carboxylic acid groups (broad SMARTS) is 1. The summed E-state index contributed by atoms with van der Waals surface area (Å²) in [5, 5.41) is 9.00. The summed E-state index contributed by atoms with van der Waals surface area (Å²) in [6.07, 6.45) is 1.29. The van der Waals surface area contributed by atoms with E-state index in [1.165, 1.54) is 9.21 Å². The highest BCUT2D eigenvalue weighted by molar-refractivity contribution is 7.89. The zero-order valence-electron chi connectivity index (χ0n) is 16.5. The van der Waals surface area contributed by atoms with E-state index in [0.717, 1.165) is 5.56 Å². The van der Waals surface area contributed by atoms with Crippen molar-refractivity contribution in [1.29, 1.82) is 0 Å². The van der Waals surface area contributed by atoms with Crippen LogP contribution in [0.25, 0.3) is 0 Å². The van der Waals surface area contributed by atoms with E-state index in [-0.39, 0.29) is 29.8 Å². The number of nitrogens with zero attached hydrogens (tertiary/aromatic N) is 2. The molecule has 1 rings (SSSR count). The quantitative estimate of drug-likeness (QED) is 0.617. The van der Waals surface area contributed by atoms with Gasteiger partial charge in [-0.2, -0.15) is 4.31 Å². The van der Waals surface area contributed by atoms with Gasteiger partial charge in [-0.3, -0.25) is 9.59 Å². The molecule has 1 aromatic carbocycles. The number of hydrogen-bond donors (Lipinski definition) is 1. The lowest BCUT2D eigenvalue weighted by atomic mass is 10.1. The first-order valence-electron chi connectivity index (χ1n) is 9.27. The minimum Gasteiger partial charge on any atom is -0.480 e. The van der Waals surface area contributed by atoms with Gasteiger partial charge in [0.25, 0.3) is 0 Å². The van der Waals surface area contributed by atoms with Gasteiger partial charge >= 0.3 is 5.97 Å². The predicted molar refractivity (Wildman–Crippen MR) is 104 cm³/mol. The molecule has 0 heterocycles. The van der Waals surface area contributed by atoms with E-state index < -0.39 is 16.0 Å². The Kier molecular flexibility index (Phi) is 8.92. The Balaban J connectivity index is 2.81. The Bertz CT molecular complexity index is 727. The van der Waals surface area contributed by atoms with Crippen LogP contribution in [0.15, 0.2) is 29.2 Å². The molecule has 0 radical (unpaired) electrons. The molecule has 0 aliphatic rings. The van der Waals surface area contributed by atoms with Crippen molar-refractivity contribution in [2.45, 2.75) is 57.9 Å². The van der Waals surface area contributed by atoms with Crippen LogP contribution < -0.4 is 0 Å². The van der Waals surface area contributed by atoms with E-state index in [1.807, 2.05) is 13.8 Å². The molecule has 0 fully saturated rings. The van der Waals surface area contributed by atoms with Crippen molar-refractivity contribution in [3.8, 4) is 0 Å². The van der Waals surface area contributed by atoms with Gasteiger partial charge < -0.3 is 10.0 Å². The second-order valence-electron chi connectivity index (χ2n) is 6.41. The summed E-state index contributed by atoms with van der Waals surface area (Å²) >= 11 is 0. The average molecular weight is 399 g/mol. The molecule has 7 nitrogen and oxygen atoms in total. The van der Waals surface area contributed by atoms with Crippen molar-refractivity contribution in [1.82, 2.24) is 9.21 Å². The molecular weight excluding hydrogens is 368 g/mol. The van der Waals surface area contributed by atoms with Crippen LogP contribution in [0.1, 0.15) is 46.1 Å². The van der Waals surface area contributed by atoms with Gasteiger partial charge in [0.15, 0.2) is 0 Å². The van der Waals surface area contributed by atoms with Crippen LogP contribution in [0.2, 0.25) is 0 Å². The third-order valence-corrected chi connectivity index (χ3v) is 6.71. The number of carbonyl (C=O) groups excluding carboxylic acids is 1. The number of benzene rings is 1. The third-order valence-electron chi connectivity index (χ3n) is 4.64. The number of amides is 1. The third kappa shape index (κ3) is 6.32. The average Bonchev–Trinajstić information content (AvgIpc) is 2.64. The molecule has 0 spiro atoms. The minimum atomic E-state index is -3.50. The van der Waals surface area contributed by atoms with Crippen LogP contribution >= 0.6 is 0 Å². The fourth-order valence-electron chi connectivity index (χ4n) is 2.79. The fraction of sp³-hybridized carbons (Fsp3) is 0.579. The van der Waals surface area contributed by atoms with Crippen molar-refractivity contribution in [3.63, 3.8) is 0 Å². The van der Waals surface area contributed by atoms with Crippen LogP contribution in [0.3, 0.4) is 0 Å². The molecule has 0 saturated carbocycles. The lowest BCUT2D eigenvalue weighted by Crippen LogP contribution is -2.41. The molecule has 0 bridgehead atoms. The number of carbonyl (C=O) groups is 2. The lowest BCUT2D eigenvalue weighted by molar-refractivity contribution is -0.146. The molecule has 0 aliphatic heterocycles. The summed E-state index contributed by atoms with van der Waals surface area (Å²) in [7, 11) is -3.50. The first-order chi connectivity index (χ1) is 12.7. The number of sulfonamides is 1. The molecule has 0 saturated heterocycles. The summed E-state index contributed by atoms with van der Waals surface area (Å²) in [5.74, 6) is -1.25. The Morgan fingerprint density at radius 2 is 1.63 bits per heavy atom. The number of carboxylic acids is 1. The van der Waals surface area contributed by atoms with Gasteiger partial charge in [-0.1, -0.05) is 32.9 Å². The summed E-state index contributed by atoms with van der Waals surface area (Å²) in [5.41, 5.74) is 0.835. The standard InChI is InChI=1S/C19H30N2O5S/c1-5-15(4)21(14-19(23)24)18(22)13-10-16-8-11-17(12-9-16)27(25,26)20(6-2)7-3/h8-9,11-12,15H,5-7,10,13-14H2,1-4H3,(H,23,24). The van der Waals surface area contributed by atoms with Gasteiger partial charge in [-0.25, -0.2) is 8.42 Å². The van der Waals surface area contributed by atoms with Gasteiger partial charge in [-0.05, 0) is 37.5 Å². The number of aliphatic carboxylic acids is 1. The molecule has 1 N–H and O–H groups in total. The number of aryl methyl sites for hydroxylation is 1. The van der Waals surface area contributed by atoms with Gasteiger partial charge in [0.2, 0.25) is 15.9 Å². The van der Waals surface area contributed by atoms with Gasteiger partial charge in [-0.15, -0.1) is 0 Å². The zero-order chi connectivity index (χ0) is 20.6. The Hall–Kier alpha value is -1.93. The highest BCUT2D eigenvalue weighted by Gasteiger charge is 2.22. The maximum atomic E-state index is 12.5. The maximum absolute atomic E-state index is 12.5. The molecule has 0 aliphatic carbocycles. The molecule has 0 aromatic heterocycles. The summed E-state index contributed by atoms with van der Waals surface area (Å²) in [4.78, 5) is 25.0. The van der Waals surface area contributed by atoms with E-state index in [1.54, 1.807) is 38.1 Å². The SMILES string of the molecule is CCC(C)N(CC(=O)O)C(=O)CCc1ccc(S(=O)(=O)N(CC)CC)cc1. The Labute approximate surface area is 162 Å². The summed E-state index contributed by atoms with van der Waals surface area (Å²) in [6, 6.07) is 6.37. The van der Waals surface area contributed by atoms with E-state index in [2.05, 4.69) is 0 Å². The molecule has 1 amide bonds. The second kappa shape index (κ2) is 10.4. The topological polar surface area (TPSA) is 95.0 Å². The van der Waals surface area contributed by atoms with Crippen molar-refractivity contribution in [3.05, 3.63) is 29.8 Å². The Morgan fingerprint density at radius 3 is 2.07 bits per heavy atom. The largest absolute Gasteiger partial charge is 0.480 e. The smallest absolute Gasteiger partial charge is 0.323 e. The predicted octanol–water partition coefficient (Wildman–Crippen LogP) is 2.36. The monoisotopic (exact) mass is 398 g/mol. The molecular formula is C19H30N2O5S. The second-order valence-corrected chi connectivity index (χ2v) is 8.34. The first kappa shape index (κ1) is 23.1. The van der Waals surface area contributed by atoms with Crippen molar-refractivity contribution in [2.75, 3.05) is 19.6 Å². The highest BCUT2D eigenvalue weighted by Crippen LogP contribution is 2.17. The highest BCUT2D eigenvalue weighted by atomic mass is 32.2.